The summed E-state index contributed by atoms with van der Waals surface area (Å²) in [6.45, 7) is 3.31. The molecule has 0 saturated carbocycles. The second-order valence-electron chi connectivity index (χ2n) is 6.19. The topological polar surface area (TPSA) is 61.8 Å². The van der Waals surface area contributed by atoms with Crippen molar-refractivity contribution in [3.05, 3.63) is 70.3 Å². The summed E-state index contributed by atoms with van der Waals surface area (Å²) in [4.78, 5) is 24.0. The number of halogens is 1. The van der Waals surface area contributed by atoms with Gasteiger partial charge in [-0.1, -0.05) is 41.9 Å². The van der Waals surface area contributed by atoms with E-state index in [1.165, 1.54) is 19.9 Å². The summed E-state index contributed by atoms with van der Waals surface area (Å²) in [5.41, 5.74) is 1.32. The van der Waals surface area contributed by atoms with Crippen LogP contribution in [0.15, 0.2) is 54.1 Å². The molecule has 2 aromatic rings. The molecule has 1 fully saturated rings. The van der Waals surface area contributed by atoms with Crippen molar-refractivity contribution in [2.24, 2.45) is 0 Å². The molecule has 1 heterocycles. The lowest BCUT2D eigenvalue weighted by Gasteiger charge is -2.29. The lowest BCUT2D eigenvalue weighted by Crippen LogP contribution is -2.41. The minimum atomic E-state index is -1.26. The van der Waals surface area contributed by atoms with Gasteiger partial charge >= 0.3 is 11.9 Å². The Kier molecular flexibility index (Phi) is 5.00. The molecule has 3 rings (SSSR count). The highest BCUT2D eigenvalue weighted by Gasteiger charge is 2.38. The van der Waals surface area contributed by atoms with Gasteiger partial charge in [0.15, 0.2) is 0 Å². The molecule has 26 heavy (non-hydrogen) atoms. The average molecular weight is 373 g/mol. The molecule has 6 heteroatoms. The fourth-order valence-electron chi connectivity index (χ4n) is 2.42. The summed E-state index contributed by atoms with van der Waals surface area (Å²) in [5.74, 6) is -2.11. The van der Waals surface area contributed by atoms with E-state index >= 15 is 0 Å². The average Bonchev–Trinajstić information content (AvgIpc) is 2.57. The van der Waals surface area contributed by atoms with E-state index < -0.39 is 17.7 Å². The lowest BCUT2D eigenvalue weighted by atomic mass is 10.1. The molecule has 1 aliphatic rings. The molecule has 0 aliphatic carbocycles. The summed E-state index contributed by atoms with van der Waals surface area (Å²) in [6.07, 6.45) is 1.42. The maximum atomic E-state index is 12.0. The zero-order chi connectivity index (χ0) is 18.7. The van der Waals surface area contributed by atoms with E-state index in [0.29, 0.717) is 22.9 Å². The summed E-state index contributed by atoms with van der Waals surface area (Å²) in [5, 5.41) is 0.626. The molecule has 0 radical (unpaired) electrons. The van der Waals surface area contributed by atoms with Crippen LogP contribution in [-0.2, 0) is 25.7 Å². The molecule has 0 atom stereocenters. The van der Waals surface area contributed by atoms with Gasteiger partial charge in [-0.15, -0.1) is 0 Å². The second-order valence-corrected chi connectivity index (χ2v) is 6.60. The van der Waals surface area contributed by atoms with Crippen molar-refractivity contribution in [1.82, 2.24) is 0 Å². The van der Waals surface area contributed by atoms with Gasteiger partial charge in [0.1, 0.15) is 17.9 Å². The van der Waals surface area contributed by atoms with E-state index in [1.54, 1.807) is 30.3 Å². The summed E-state index contributed by atoms with van der Waals surface area (Å²) < 4.78 is 15.9. The lowest BCUT2D eigenvalue weighted by molar-refractivity contribution is -0.222. The first-order chi connectivity index (χ1) is 12.3. The van der Waals surface area contributed by atoms with Gasteiger partial charge in [0.2, 0.25) is 0 Å². The number of hydrogen-bond donors (Lipinski definition) is 0. The van der Waals surface area contributed by atoms with Crippen LogP contribution in [0.25, 0.3) is 6.08 Å². The van der Waals surface area contributed by atoms with Crippen LogP contribution in [0, 0.1) is 0 Å². The van der Waals surface area contributed by atoms with E-state index in [0.717, 1.165) is 5.56 Å². The Hall–Kier alpha value is -2.79. The summed E-state index contributed by atoms with van der Waals surface area (Å²) in [6, 6.07) is 14.4. The maximum absolute atomic E-state index is 12.0. The van der Waals surface area contributed by atoms with Crippen LogP contribution in [0.4, 0.5) is 0 Å². The molecule has 1 aliphatic heterocycles. The first-order valence-electron chi connectivity index (χ1n) is 7.99. The summed E-state index contributed by atoms with van der Waals surface area (Å²) >= 11 is 6.11. The fraction of sp³-hybridized carbons (Fsp3) is 0.200. The molecular weight excluding hydrogens is 356 g/mol. The van der Waals surface area contributed by atoms with Crippen molar-refractivity contribution in [3.8, 4) is 5.75 Å². The van der Waals surface area contributed by atoms with Gasteiger partial charge in [-0.2, -0.15) is 0 Å². The largest absolute Gasteiger partial charge is 0.489 e. The Bertz CT molecular complexity index is 863. The minimum absolute atomic E-state index is 0.160. The van der Waals surface area contributed by atoms with Crippen LogP contribution < -0.4 is 4.74 Å². The first-order valence-corrected chi connectivity index (χ1v) is 8.36. The van der Waals surface area contributed by atoms with Crippen LogP contribution in [0.5, 0.6) is 5.75 Å². The van der Waals surface area contributed by atoms with Crippen LogP contribution in [0.2, 0.25) is 5.02 Å². The molecular formula is C20H17ClO5. The van der Waals surface area contributed by atoms with Crippen molar-refractivity contribution in [2.45, 2.75) is 26.2 Å². The van der Waals surface area contributed by atoms with Crippen LogP contribution in [-0.4, -0.2) is 17.7 Å². The zero-order valence-electron chi connectivity index (χ0n) is 14.3. The quantitative estimate of drug-likeness (QED) is 0.458. The highest BCUT2D eigenvalue weighted by Crippen LogP contribution is 2.25. The Morgan fingerprint density at radius 2 is 1.73 bits per heavy atom. The maximum Gasteiger partial charge on any atom is 0.348 e. The van der Waals surface area contributed by atoms with Crippen molar-refractivity contribution >= 4 is 29.6 Å². The third kappa shape index (κ3) is 4.24. The van der Waals surface area contributed by atoms with Gasteiger partial charge < -0.3 is 14.2 Å². The number of carbonyl (C=O) groups is 2. The number of carbonyl (C=O) groups excluding carboxylic acids is 2. The van der Waals surface area contributed by atoms with Crippen LogP contribution in [0.3, 0.4) is 0 Å². The predicted octanol–water partition coefficient (Wildman–Crippen LogP) is 4.14. The molecule has 0 bridgehead atoms. The molecule has 0 aromatic heterocycles. The number of benzene rings is 2. The van der Waals surface area contributed by atoms with Gasteiger partial charge in [0.05, 0.1) is 0 Å². The third-order valence-corrected chi connectivity index (χ3v) is 4.01. The van der Waals surface area contributed by atoms with Crippen LogP contribution >= 0.6 is 11.6 Å². The summed E-state index contributed by atoms with van der Waals surface area (Å²) in [7, 11) is 0. The normalized spacial score (nSPS) is 15.9. The third-order valence-electron chi connectivity index (χ3n) is 3.64. The highest BCUT2D eigenvalue weighted by atomic mass is 35.5. The highest BCUT2D eigenvalue weighted by molar-refractivity contribution is 6.31. The molecule has 0 unspecified atom stereocenters. The molecule has 5 nitrogen and oxygen atoms in total. The monoisotopic (exact) mass is 372 g/mol. The standard InChI is InChI=1S/C20H17ClO5/c1-20(2)25-18(22)16(19(23)26-20)11-13-6-5-8-15(10-13)24-12-14-7-3-4-9-17(14)21/h3-11H,12H2,1-2H3. The Balaban J connectivity index is 1.76. The van der Waals surface area contributed by atoms with Crippen molar-refractivity contribution < 1.29 is 23.8 Å². The van der Waals surface area contributed by atoms with Crippen molar-refractivity contribution in [3.63, 3.8) is 0 Å². The minimum Gasteiger partial charge on any atom is -0.489 e. The van der Waals surface area contributed by atoms with Gasteiger partial charge in [0, 0.05) is 24.4 Å². The first kappa shape index (κ1) is 18.0. The van der Waals surface area contributed by atoms with E-state index in [4.69, 9.17) is 25.8 Å². The molecule has 0 spiro atoms. The molecule has 134 valence electrons. The van der Waals surface area contributed by atoms with E-state index in [9.17, 15) is 9.59 Å². The molecule has 0 amide bonds. The van der Waals surface area contributed by atoms with Crippen molar-refractivity contribution in [2.75, 3.05) is 0 Å². The second kappa shape index (κ2) is 7.22. The smallest absolute Gasteiger partial charge is 0.348 e. The van der Waals surface area contributed by atoms with E-state index in [2.05, 4.69) is 0 Å². The van der Waals surface area contributed by atoms with Crippen molar-refractivity contribution in [1.29, 1.82) is 0 Å². The Labute approximate surface area is 156 Å². The number of cyclic esters (lactones) is 2. The van der Waals surface area contributed by atoms with Gasteiger partial charge in [-0.3, -0.25) is 0 Å². The zero-order valence-corrected chi connectivity index (χ0v) is 15.1. The van der Waals surface area contributed by atoms with E-state index in [1.807, 2.05) is 18.2 Å². The van der Waals surface area contributed by atoms with Gasteiger partial charge in [-0.25, -0.2) is 9.59 Å². The van der Waals surface area contributed by atoms with E-state index in [-0.39, 0.29) is 5.57 Å². The number of rotatable bonds is 4. The SMILES string of the molecule is CC1(C)OC(=O)C(=Cc2cccc(OCc3ccccc3Cl)c2)C(=O)O1. The predicted molar refractivity (Wildman–Crippen MR) is 96.5 cm³/mol. The van der Waals surface area contributed by atoms with Gasteiger partial charge in [-0.05, 0) is 29.8 Å². The fourth-order valence-corrected chi connectivity index (χ4v) is 2.61. The number of ether oxygens (including phenoxy) is 3. The van der Waals surface area contributed by atoms with Crippen LogP contribution in [0.1, 0.15) is 25.0 Å². The molecule has 2 aromatic carbocycles. The number of esters is 2. The number of hydrogen-bond acceptors (Lipinski definition) is 5. The van der Waals surface area contributed by atoms with Gasteiger partial charge in [0.25, 0.3) is 5.79 Å². The molecule has 1 saturated heterocycles. The Morgan fingerprint density at radius 3 is 2.42 bits per heavy atom. The Morgan fingerprint density at radius 1 is 1.04 bits per heavy atom. The molecule has 0 N–H and O–H groups in total.